The Morgan fingerprint density at radius 2 is 2.12 bits per heavy atom. The summed E-state index contributed by atoms with van der Waals surface area (Å²) in [5.74, 6) is 2.41. The van der Waals surface area contributed by atoms with Gasteiger partial charge in [-0.25, -0.2) is 4.98 Å². The van der Waals surface area contributed by atoms with Crippen molar-refractivity contribution in [2.24, 2.45) is 0 Å². The van der Waals surface area contributed by atoms with E-state index in [1.54, 1.807) is 11.3 Å². The van der Waals surface area contributed by atoms with Crippen LogP contribution in [0.2, 0.25) is 0 Å². The van der Waals surface area contributed by atoms with Crippen LogP contribution < -0.4 is 10.2 Å². The molecule has 3 aromatic heterocycles. The molecule has 0 saturated carbocycles. The fourth-order valence-electron chi connectivity index (χ4n) is 2.93. The fraction of sp³-hybridized carbons (Fsp3) is 0.438. The molecule has 1 aliphatic heterocycles. The summed E-state index contributed by atoms with van der Waals surface area (Å²) in [6.07, 6.45) is 1.13. The van der Waals surface area contributed by atoms with E-state index < -0.39 is 0 Å². The topological polar surface area (TPSA) is 73.0 Å². The number of rotatable bonds is 3. The standard InChI is InChI=1S/C16H21N7S/c1-11-10-13(21-20-11)18-15-14-12(4-9-24-14)17-16(19-15)23-6-3-5-22(2)7-8-23/h4,9-10H,3,5-8H2,1-2H3,(H2,17,18,19,20,21). The molecule has 4 heterocycles. The lowest BCUT2D eigenvalue weighted by Crippen LogP contribution is -2.30. The Bertz CT molecular complexity index is 840. The molecule has 0 amide bonds. The first-order chi connectivity index (χ1) is 11.7. The van der Waals surface area contributed by atoms with Crippen LogP contribution in [-0.4, -0.2) is 58.3 Å². The van der Waals surface area contributed by atoms with Gasteiger partial charge < -0.3 is 15.1 Å². The number of thiophene rings is 1. The van der Waals surface area contributed by atoms with E-state index in [0.717, 1.165) is 66.1 Å². The van der Waals surface area contributed by atoms with Crippen LogP contribution in [0.15, 0.2) is 17.5 Å². The van der Waals surface area contributed by atoms with Crippen molar-refractivity contribution in [3.8, 4) is 0 Å². The first-order valence-electron chi connectivity index (χ1n) is 8.17. The molecule has 1 fully saturated rings. The van der Waals surface area contributed by atoms with E-state index in [0.29, 0.717) is 0 Å². The largest absolute Gasteiger partial charge is 0.339 e. The van der Waals surface area contributed by atoms with Gasteiger partial charge in [0.25, 0.3) is 0 Å². The van der Waals surface area contributed by atoms with Gasteiger partial charge in [-0.1, -0.05) is 0 Å². The molecule has 126 valence electrons. The van der Waals surface area contributed by atoms with E-state index in [2.05, 4.69) is 43.8 Å². The average Bonchev–Trinajstić information content (AvgIpc) is 3.13. The second-order valence-corrected chi connectivity index (χ2v) is 7.13. The third-order valence-corrected chi connectivity index (χ3v) is 5.16. The Labute approximate surface area is 144 Å². The highest BCUT2D eigenvalue weighted by Gasteiger charge is 2.18. The Morgan fingerprint density at radius 3 is 2.96 bits per heavy atom. The minimum atomic E-state index is 0.780. The van der Waals surface area contributed by atoms with E-state index in [4.69, 9.17) is 9.97 Å². The maximum absolute atomic E-state index is 4.81. The quantitative estimate of drug-likeness (QED) is 0.762. The van der Waals surface area contributed by atoms with Crippen molar-refractivity contribution in [1.82, 2.24) is 25.1 Å². The first kappa shape index (κ1) is 15.3. The number of aromatic nitrogens is 4. The highest BCUT2D eigenvalue weighted by atomic mass is 32.1. The zero-order valence-electron chi connectivity index (χ0n) is 13.9. The van der Waals surface area contributed by atoms with Gasteiger partial charge >= 0.3 is 0 Å². The number of anilines is 3. The molecule has 4 rings (SSSR count). The van der Waals surface area contributed by atoms with Gasteiger partial charge in [-0.2, -0.15) is 10.1 Å². The van der Waals surface area contributed by atoms with Crippen molar-refractivity contribution in [1.29, 1.82) is 0 Å². The van der Waals surface area contributed by atoms with Crippen LogP contribution in [0.25, 0.3) is 10.2 Å². The lowest BCUT2D eigenvalue weighted by molar-refractivity contribution is 0.360. The molecule has 2 N–H and O–H groups in total. The maximum Gasteiger partial charge on any atom is 0.228 e. The van der Waals surface area contributed by atoms with Crippen LogP contribution >= 0.6 is 11.3 Å². The number of nitrogens with zero attached hydrogens (tertiary/aromatic N) is 5. The molecule has 0 radical (unpaired) electrons. The van der Waals surface area contributed by atoms with Gasteiger partial charge in [0.15, 0.2) is 11.6 Å². The lowest BCUT2D eigenvalue weighted by Gasteiger charge is -2.21. The smallest absolute Gasteiger partial charge is 0.228 e. The summed E-state index contributed by atoms with van der Waals surface area (Å²) < 4.78 is 1.06. The van der Waals surface area contributed by atoms with Crippen LogP contribution in [0.3, 0.4) is 0 Å². The van der Waals surface area contributed by atoms with E-state index in [-0.39, 0.29) is 0 Å². The van der Waals surface area contributed by atoms with Crippen molar-refractivity contribution >= 4 is 39.1 Å². The second-order valence-electron chi connectivity index (χ2n) is 6.21. The Balaban J connectivity index is 1.69. The molecule has 1 aliphatic rings. The summed E-state index contributed by atoms with van der Waals surface area (Å²) in [5.41, 5.74) is 2.00. The monoisotopic (exact) mass is 343 g/mol. The van der Waals surface area contributed by atoms with Crippen LogP contribution in [0, 0.1) is 6.92 Å². The zero-order chi connectivity index (χ0) is 16.5. The molecule has 0 unspecified atom stereocenters. The van der Waals surface area contributed by atoms with E-state index in [1.807, 2.05) is 13.0 Å². The van der Waals surface area contributed by atoms with Crippen molar-refractivity contribution in [3.63, 3.8) is 0 Å². The van der Waals surface area contributed by atoms with Crippen LogP contribution in [-0.2, 0) is 0 Å². The van der Waals surface area contributed by atoms with Crippen LogP contribution in [0.1, 0.15) is 12.1 Å². The van der Waals surface area contributed by atoms with Crippen molar-refractivity contribution < 1.29 is 0 Å². The van der Waals surface area contributed by atoms with Gasteiger partial charge in [0.2, 0.25) is 5.95 Å². The summed E-state index contributed by atoms with van der Waals surface area (Å²) in [5, 5.41) is 12.6. The van der Waals surface area contributed by atoms with Gasteiger partial charge in [-0.15, -0.1) is 11.3 Å². The number of nitrogens with one attached hydrogen (secondary N) is 2. The number of H-pyrrole nitrogens is 1. The number of likely N-dealkylation sites (N-methyl/N-ethyl adjacent to an activating group) is 1. The summed E-state index contributed by atoms with van der Waals surface area (Å²) >= 11 is 1.65. The summed E-state index contributed by atoms with van der Waals surface area (Å²) in [6.45, 7) is 6.08. The van der Waals surface area contributed by atoms with E-state index in [9.17, 15) is 0 Å². The van der Waals surface area contributed by atoms with Gasteiger partial charge in [-0.05, 0) is 38.4 Å². The lowest BCUT2D eigenvalue weighted by atomic mass is 10.4. The van der Waals surface area contributed by atoms with Gasteiger partial charge in [0.05, 0.1) is 10.2 Å². The predicted molar refractivity (Wildman–Crippen MR) is 98.3 cm³/mol. The molecular weight excluding hydrogens is 322 g/mol. The molecular formula is C16H21N7S. The Kier molecular flexibility index (Phi) is 4.07. The molecule has 0 aromatic carbocycles. The molecule has 0 spiro atoms. The van der Waals surface area contributed by atoms with Crippen molar-refractivity contribution in [2.75, 3.05) is 43.4 Å². The molecule has 1 saturated heterocycles. The Morgan fingerprint density at radius 1 is 1.21 bits per heavy atom. The van der Waals surface area contributed by atoms with Gasteiger partial charge in [-0.3, -0.25) is 5.10 Å². The highest BCUT2D eigenvalue weighted by molar-refractivity contribution is 7.17. The van der Waals surface area contributed by atoms with Crippen LogP contribution in [0.5, 0.6) is 0 Å². The van der Waals surface area contributed by atoms with Gasteiger partial charge in [0.1, 0.15) is 0 Å². The fourth-order valence-corrected chi connectivity index (χ4v) is 3.70. The third-order valence-electron chi connectivity index (χ3n) is 4.25. The summed E-state index contributed by atoms with van der Waals surface area (Å²) in [4.78, 5) is 14.2. The molecule has 0 aliphatic carbocycles. The Hall–Kier alpha value is -2.19. The van der Waals surface area contributed by atoms with E-state index >= 15 is 0 Å². The van der Waals surface area contributed by atoms with Gasteiger partial charge in [0, 0.05) is 31.4 Å². The molecule has 3 aromatic rings. The van der Waals surface area contributed by atoms with Crippen molar-refractivity contribution in [3.05, 3.63) is 23.2 Å². The predicted octanol–water partition coefficient (Wildman–Crippen LogP) is 2.61. The molecule has 0 bridgehead atoms. The molecule has 7 nitrogen and oxygen atoms in total. The third kappa shape index (κ3) is 3.07. The minimum absolute atomic E-state index is 0.780. The number of aromatic amines is 1. The minimum Gasteiger partial charge on any atom is -0.339 e. The van der Waals surface area contributed by atoms with Crippen molar-refractivity contribution in [2.45, 2.75) is 13.3 Å². The second kappa shape index (κ2) is 6.37. The molecule has 0 atom stereocenters. The summed E-state index contributed by atoms with van der Waals surface area (Å²) in [7, 11) is 2.17. The summed E-state index contributed by atoms with van der Waals surface area (Å²) in [6, 6.07) is 4.03. The number of hydrogen-bond acceptors (Lipinski definition) is 7. The maximum atomic E-state index is 4.81. The number of fused-ring (bicyclic) bond motifs is 1. The average molecular weight is 343 g/mol. The molecule has 24 heavy (non-hydrogen) atoms. The van der Waals surface area contributed by atoms with Crippen LogP contribution in [0.4, 0.5) is 17.6 Å². The first-order valence-corrected chi connectivity index (χ1v) is 9.05. The molecule has 8 heteroatoms. The highest BCUT2D eigenvalue weighted by Crippen LogP contribution is 2.30. The van der Waals surface area contributed by atoms with E-state index in [1.165, 1.54) is 0 Å². The zero-order valence-corrected chi connectivity index (χ0v) is 14.7. The number of hydrogen-bond donors (Lipinski definition) is 2. The number of aryl methyl sites for hydroxylation is 1. The normalized spacial score (nSPS) is 16.5. The SMILES string of the molecule is Cc1cc(Nc2nc(N3CCCN(C)CC3)nc3ccsc23)n[nH]1.